The molecule has 0 bridgehead atoms. The molecule has 1 aliphatic rings. The van der Waals surface area contributed by atoms with Crippen LogP contribution >= 0.6 is 11.6 Å². The highest BCUT2D eigenvalue weighted by atomic mass is 35.5. The Hall–Kier alpha value is -2.61. The van der Waals surface area contributed by atoms with Crippen LogP contribution in [0.25, 0.3) is 11.1 Å². The van der Waals surface area contributed by atoms with E-state index >= 15 is 0 Å². The van der Waals surface area contributed by atoms with E-state index in [1.165, 1.54) is 6.33 Å². The van der Waals surface area contributed by atoms with E-state index in [9.17, 15) is 4.79 Å². The second kappa shape index (κ2) is 7.96. The van der Waals surface area contributed by atoms with Crippen molar-refractivity contribution < 1.29 is 9.21 Å². The van der Waals surface area contributed by atoms with E-state index in [2.05, 4.69) is 25.3 Å². The molecule has 8 nitrogen and oxygen atoms in total. The van der Waals surface area contributed by atoms with Crippen LogP contribution < -0.4 is 10.2 Å². The SMILES string of the molecule is O=C(CC1CCCN(c2nc3ccc(Cl)cc3o2)C1)NCCn1cncn1. The first kappa shape index (κ1) is 17.8. The maximum atomic E-state index is 12.2. The van der Waals surface area contributed by atoms with Gasteiger partial charge in [-0.25, -0.2) is 4.98 Å². The van der Waals surface area contributed by atoms with Crippen molar-refractivity contribution in [2.45, 2.75) is 25.8 Å². The number of piperidine rings is 1. The average molecular weight is 389 g/mol. The van der Waals surface area contributed by atoms with Crippen molar-refractivity contribution in [3.05, 3.63) is 35.9 Å². The predicted octanol–water partition coefficient (Wildman–Crippen LogP) is 2.50. The summed E-state index contributed by atoms with van der Waals surface area (Å²) in [6.07, 6.45) is 5.66. The zero-order chi connectivity index (χ0) is 18.6. The van der Waals surface area contributed by atoms with Crippen LogP contribution in [0.15, 0.2) is 35.3 Å². The first-order valence-corrected chi connectivity index (χ1v) is 9.45. The van der Waals surface area contributed by atoms with Gasteiger partial charge in [-0.2, -0.15) is 10.1 Å². The quantitative estimate of drug-likeness (QED) is 0.697. The summed E-state index contributed by atoms with van der Waals surface area (Å²) in [6.45, 7) is 2.81. The van der Waals surface area contributed by atoms with Crippen LogP contribution in [0.1, 0.15) is 19.3 Å². The third-order valence-corrected chi connectivity index (χ3v) is 4.97. The van der Waals surface area contributed by atoms with Crippen molar-refractivity contribution >= 4 is 34.6 Å². The van der Waals surface area contributed by atoms with Crippen molar-refractivity contribution in [2.75, 3.05) is 24.5 Å². The number of rotatable bonds is 6. The summed E-state index contributed by atoms with van der Waals surface area (Å²) in [5.74, 6) is 0.343. The number of benzene rings is 1. The molecular weight excluding hydrogens is 368 g/mol. The molecule has 3 aromatic rings. The van der Waals surface area contributed by atoms with Crippen LogP contribution in [-0.2, 0) is 11.3 Å². The van der Waals surface area contributed by atoms with Gasteiger partial charge in [-0.1, -0.05) is 11.6 Å². The molecule has 2 aromatic heterocycles. The fourth-order valence-corrected chi connectivity index (χ4v) is 3.58. The zero-order valence-electron chi connectivity index (χ0n) is 14.8. The Morgan fingerprint density at radius 2 is 2.33 bits per heavy atom. The minimum Gasteiger partial charge on any atom is -0.423 e. The maximum absolute atomic E-state index is 12.2. The molecule has 9 heteroatoms. The lowest BCUT2D eigenvalue weighted by Crippen LogP contribution is -2.38. The number of halogens is 1. The van der Waals surface area contributed by atoms with Gasteiger partial charge in [-0.05, 0) is 30.9 Å². The number of hydrogen-bond donors (Lipinski definition) is 1. The fraction of sp³-hybridized carbons (Fsp3) is 0.444. The van der Waals surface area contributed by atoms with E-state index in [0.29, 0.717) is 36.1 Å². The number of hydrogen-bond acceptors (Lipinski definition) is 6. The summed E-state index contributed by atoms with van der Waals surface area (Å²) in [5, 5.41) is 7.60. The molecular formula is C18H21ClN6O2. The minimum atomic E-state index is 0.0614. The molecule has 4 rings (SSSR count). The summed E-state index contributed by atoms with van der Waals surface area (Å²) >= 11 is 6.01. The first-order valence-electron chi connectivity index (χ1n) is 9.07. The summed E-state index contributed by atoms with van der Waals surface area (Å²) in [7, 11) is 0. The molecule has 0 saturated carbocycles. The Bertz CT molecular complexity index is 910. The Morgan fingerprint density at radius 1 is 1.41 bits per heavy atom. The van der Waals surface area contributed by atoms with Crippen LogP contribution in [-0.4, -0.2) is 45.3 Å². The van der Waals surface area contributed by atoms with Crippen LogP contribution in [0.2, 0.25) is 5.02 Å². The van der Waals surface area contributed by atoms with Gasteiger partial charge in [0.25, 0.3) is 6.01 Å². The van der Waals surface area contributed by atoms with Crippen LogP contribution in [0, 0.1) is 5.92 Å². The topological polar surface area (TPSA) is 89.1 Å². The van der Waals surface area contributed by atoms with Gasteiger partial charge in [0.2, 0.25) is 5.91 Å². The van der Waals surface area contributed by atoms with Gasteiger partial charge >= 0.3 is 0 Å². The van der Waals surface area contributed by atoms with E-state index in [4.69, 9.17) is 16.0 Å². The van der Waals surface area contributed by atoms with Gasteiger partial charge in [0.15, 0.2) is 5.58 Å². The molecule has 3 heterocycles. The lowest BCUT2D eigenvalue weighted by Gasteiger charge is -2.31. The van der Waals surface area contributed by atoms with E-state index in [0.717, 1.165) is 31.4 Å². The summed E-state index contributed by atoms with van der Waals surface area (Å²) in [6, 6.07) is 6.04. The Kier molecular flexibility index (Phi) is 5.24. The van der Waals surface area contributed by atoms with Gasteiger partial charge in [-0.15, -0.1) is 0 Å². The highest BCUT2D eigenvalue weighted by molar-refractivity contribution is 6.31. The highest BCUT2D eigenvalue weighted by Gasteiger charge is 2.25. The van der Waals surface area contributed by atoms with Crippen molar-refractivity contribution in [2.24, 2.45) is 5.92 Å². The number of carbonyl (C=O) groups excluding carboxylic acids is 1. The molecule has 142 valence electrons. The molecule has 1 fully saturated rings. The third kappa shape index (κ3) is 4.39. The van der Waals surface area contributed by atoms with Crippen LogP contribution in [0.4, 0.5) is 6.01 Å². The number of fused-ring (bicyclic) bond motifs is 1. The van der Waals surface area contributed by atoms with Crippen LogP contribution in [0.5, 0.6) is 0 Å². The predicted molar refractivity (Wildman–Crippen MR) is 102 cm³/mol. The monoisotopic (exact) mass is 388 g/mol. The van der Waals surface area contributed by atoms with E-state index in [1.807, 2.05) is 6.07 Å². The number of amides is 1. The average Bonchev–Trinajstić information content (AvgIpc) is 3.31. The molecule has 0 radical (unpaired) electrons. The number of oxazole rings is 1. The molecule has 0 aliphatic carbocycles. The summed E-state index contributed by atoms with van der Waals surface area (Å²) < 4.78 is 7.56. The third-order valence-electron chi connectivity index (χ3n) is 4.73. The normalized spacial score (nSPS) is 17.4. The lowest BCUT2D eigenvalue weighted by molar-refractivity contribution is -0.122. The highest BCUT2D eigenvalue weighted by Crippen LogP contribution is 2.28. The first-order chi connectivity index (χ1) is 13.2. The van der Waals surface area contributed by atoms with Gasteiger partial charge in [0.05, 0.1) is 6.54 Å². The van der Waals surface area contributed by atoms with Crippen molar-refractivity contribution in [1.82, 2.24) is 25.1 Å². The molecule has 1 aromatic carbocycles. The minimum absolute atomic E-state index is 0.0614. The fourth-order valence-electron chi connectivity index (χ4n) is 3.42. The number of carbonyl (C=O) groups is 1. The Balaban J connectivity index is 1.31. The van der Waals surface area contributed by atoms with Gasteiger partial charge in [-0.3, -0.25) is 9.48 Å². The second-order valence-electron chi connectivity index (χ2n) is 6.78. The Labute approximate surface area is 161 Å². The van der Waals surface area contributed by atoms with Crippen molar-refractivity contribution in [3.8, 4) is 0 Å². The standard InChI is InChI=1S/C18H21ClN6O2/c19-14-3-4-15-16(9-14)27-18(23-15)24-6-1-2-13(10-24)8-17(26)21-5-7-25-12-20-11-22-25/h3-4,9,11-13H,1-2,5-8,10H2,(H,21,26). The molecule has 0 spiro atoms. The van der Waals surface area contributed by atoms with E-state index in [1.54, 1.807) is 23.1 Å². The molecule has 1 aliphatic heterocycles. The summed E-state index contributed by atoms with van der Waals surface area (Å²) in [4.78, 5) is 22.8. The van der Waals surface area contributed by atoms with Gasteiger partial charge < -0.3 is 14.6 Å². The van der Waals surface area contributed by atoms with E-state index in [-0.39, 0.29) is 11.8 Å². The number of aromatic nitrogens is 4. The van der Waals surface area contributed by atoms with E-state index < -0.39 is 0 Å². The maximum Gasteiger partial charge on any atom is 0.298 e. The zero-order valence-corrected chi connectivity index (χ0v) is 15.6. The molecule has 1 saturated heterocycles. The molecule has 27 heavy (non-hydrogen) atoms. The second-order valence-corrected chi connectivity index (χ2v) is 7.21. The van der Waals surface area contributed by atoms with Crippen LogP contribution in [0.3, 0.4) is 0 Å². The largest absolute Gasteiger partial charge is 0.423 e. The van der Waals surface area contributed by atoms with Gasteiger partial charge in [0, 0.05) is 37.1 Å². The molecule has 1 atom stereocenters. The Morgan fingerprint density at radius 3 is 3.19 bits per heavy atom. The molecule has 1 N–H and O–H groups in total. The summed E-state index contributed by atoms with van der Waals surface area (Å²) in [5.41, 5.74) is 1.48. The van der Waals surface area contributed by atoms with Gasteiger partial charge in [0.1, 0.15) is 18.2 Å². The number of nitrogens with zero attached hydrogens (tertiary/aromatic N) is 5. The number of nitrogens with one attached hydrogen (secondary N) is 1. The molecule has 1 unspecified atom stereocenters. The van der Waals surface area contributed by atoms with Crippen molar-refractivity contribution in [3.63, 3.8) is 0 Å². The molecule has 1 amide bonds. The number of anilines is 1. The lowest BCUT2D eigenvalue weighted by atomic mass is 9.95. The van der Waals surface area contributed by atoms with Crippen molar-refractivity contribution in [1.29, 1.82) is 0 Å². The smallest absolute Gasteiger partial charge is 0.298 e.